The van der Waals surface area contributed by atoms with E-state index in [1.165, 1.54) is 13.2 Å². The fourth-order valence-electron chi connectivity index (χ4n) is 2.51. The third kappa shape index (κ3) is 2.77. The molecule has 20 heavy (non-hydrogen) atoms. The van der Waals surface area contributed by atoms with Crippen LogP contribution < -0.4 is 10.1 Å². The quantitative estimate of drug-likeness (QED) is 0.812. The molecule has 0 unspecified atom stereocenters. The number of benzene rings is 1. The number of hydrogen-bond donors (Lipinski definition) is 2. The predicted molar refractivity (Wildman–Crippen MR) is 76.8 cm³/mol. The molecule has 0 amide bonds. The molecule has 0 bridgehead atoms. The van der Waals surface area contributed by atoms with Gasteiger partial charge in [-0.1, -0.05) is 6.08 Å². The first kappa shape index (κ1) is 14.4. The molecule has 2 N–H and O–H groups in total. The molecular formula is C15H19N3O2. The van der Waals surface area contributed by atoms with Crippen molar-refractivity contribution in [3.63, 3.8) is 0 Å². The Morgan fingerprint density at radius 1 is 1.50 bits per heavy atom. The number of phenols is 1. The molecule has 5 heteroatoms. The lowest BCUT2D eigenvalue weighted by Gasteiger charge is -2.33. The van der Waals surface area contributed by atoms with Crippen LogP contribution in [-0.4, -0.2) is 43.3 Å². The van der Waals surface area contributed by atoms with Crippen LogP contribution in [0.25, 0.3) is 0 Å². The number of phenolic OH excluding ortho intramolecular Hbond substituents is 1. The molecule has 0 radical (unpaired) electrons. The molecule has 1 saturated heterocycles. The van der Waals surface area contributed by atoms with Gasteiger partial charge in [-0.05, 0) is 6.07 Å². The van der Waals surface area contributed by atoms with Gasteiger partial charge >= 0.3 is 0 Å². The van der Waals surface area contributed by atoms with E-state index in [1.807, 2.05) is 0 Å². The zero-order valence-corrected chi connectivity index (χ0v) is 11.6. The molecule has 1 aliphatic rings. The van der Waals surface area contributed by atoms with Gasteiger partial charge in [0.2, 0.25) is 0 Å². The Morgan fingerprint density at radius 2 is 2.20 bits per heavy atom. The van der Waals surface area contributed by atoms with Gasteiger partial charge in [-0.3, -0.25) is 4.90 Å². The first-order valence-corrected chi connectivity index (χ1v) is 6.59. The standard InChI is InChI=1S/C15H19N3O2/c1-3-13(18-6-4-17-5-7-18)12-8-11(10-16)9-14(20-2)15(12)19/h3,8-9,13,17,19H,1,4-7H2,2H3/t13-/m0/s1. The third-order valence-corrected chi connectivity index (χ3v) is 3.54. The lowest BCUT2D eigenvalue weighted by atomic mass is 10.00. The molecule has 0 aromatic heterocycles. The van der Waals surface area contributed by atoms with E-state index < -0.39 is 0 Å². The molecule has 1 fully saturated rings. The molecule has 0 spiro atoms. The van der Waals surface area contributed by atoms with E-state index in [1.54, 1.807) is 12.1 Å². The van der Waals surface area contributed by atoms with Crippen molar-refractivity contribution >= 4 is 0 Å². The van der Waals surface area contributed by atoms with Crippen molar-refractivity contribution in [2.24, 2.45) is 0 Å². The van der Waals surface area contributed by atoms with Gasteiger partial charge in [-0.25, -0.2) is 0 Å². The van der Waals surface area contributed by atoms with E-state index in [4.69, 9.17) is 10.00 Å². The average molecular weight is 273 g/mol. The van der Waals surface area contributed by atoms with E-state index in [0.29, 0.717) is 16.9 Å². The van der Waals surface area contributed by atoms with Gasteiger partial charge in [0.25, 0.3) is 0 Å². The van der Waals surface area contributed by atoms with Crippen LogP contribution in [-0.2, 0) is 0 Å². The highest BCUT2D eigenvalue weighted by Crippen LogP contribution is 2.37. The van der Waals surface area contributed by atoms with Gasteiger partial charge in [0.15, 0.2) is 11.5 Å². The summed E-state index contributed by atoms with van der Waals surface area (Å²) in [4.78, 5) is 2.22. The Hall–Kier alpha value is -2.03. The van der Waals surface area contributed by atoms with Gasteiger partial charge < -0.3 is 15.2 Å². The molecule has 1 heterocycles. The first-order chi connectivity index (χ1) is 9.71. The highest BCUT2D eigenvalue weighted by Gasteiger charge is 2.24. The number of hydrogen-bond acceptors (Lipinski definition) is 5. The molecule has 106 valence electrons. The largest absolute Gasteiger partial charge is 0.504 e. The molecule has 0 saturated carbocycles. The van der Waals surface area contributed by atoms with E-state index in [-0.39, 0.29) is 11.8 Å². The highest BCUT2D eigenvalue weighted by atomic mass is 16.5. The smallest absolute Gasteiger partial charge is 0.162 e. The Balaban J connectivity index is 2.42. The first-order valence-electron chi connectivity index (χ1n) is 6.59. The van der Waals surface area contributed by atoms with E-state index in [0.717, 1.165) is 26.2 Å². The fourth-order valence-corrected chi connectivity index (χ4v) is 2.51. The highest BCUT2D eigenvalue weighted by molar-refractivity contribution is 5.53. The number of aromatic hydroxyl groups is 1. The number of rotatable bonds is 4. The van der Waals surface area contributed by atoms with Crippen LogP contribution in [0.3, 0.4) is 0 Å². The minimum atomic E-state index is -0.126. The van der Waals surface area contributed by atoms with Crippen molar-refractivity contribution in [1.82, 2.24) is 10.2 Å². The Labute approximate surface area is 119 Å². The average Bonchev–Trinajstić information content (AvgIpc) is 2.50. The predicted octanol–water partition coefficient (Wildman–Crippen LogP) is 1.40. The Kier molecular flexibility index (Phi) is 4.61. The van der Waals surface area contributed by atoms with Crippen molar-refractivity contribution in [3.8, 4) is 17.6 Å². The maximum absolute atomic E-state index is 10.3. The second-order valence-electron chi connectivity index (χ2n) is 4.69. The third-order valence-electron chi connectivity index (χ3n) is 3.54. The van der Waals surface area contributed by atoms with E-state index in [9.17, 15) is 5.11 Å². The van der Waals surface area contributed by atoms with Crippen molar-refractivity contribution in [3.05, 3.63) is 35.9 Å². The van der Waals surface area contributed by atoms with Crippen molar-refractivity contribution in [2.75, 3.05) is 33.3 Å². The molecule has 1 aliphatic heterocycles. The Bertz CT molecular complexity index is 531. The number of nitrogens with one attached hydrogen (secondary N) is 1. The van der Waals surface area contributed by atoms with Gasteiger partial charge in [-0.2, -0.15) is 5.26 Å². The summed E-state index contributed by atoms with van der Waals surface area (Å²) in [5.74, 6) is 0.399. The summed E-state index contributed by atoms with van der Waals surface area (Å²) in [6.45, 7) is 7.41. The van der Waals surface area contributed by atoms with Crippen LogP contribution in [0.4, 0.5) is 0 Å². The topological polar surface area (TPSA) is 68.5 Å². The van der Waals surface area contributed by atoms with Crippen LogP contribution in [0.15, 0.2) is 24.8 Å². The summed E-state index contributed by atoms with van der Waals surface area (Å²) in [5, 5.41) is 22.7. The summed E-state index contributed by atoms with van der Waals surface area (Å²) in [6, 6.07) is 5.21. The maximum Gasteiger partial charge on any atom is 0.162 e. The second kappa shape index (κ2) is 6.42. The molecule has 5 nitrogen and oxygen atoms in total. The lowest BCUT2D eigenvalue weighted by molar-refractivity contribution is 0.200. The molecule has 1 atom stereocenters. The minimum Gasteiger partial charge on any atom is -0.504 e. The van der Waals surface area contributed by atoms with Crippen LogP contribution in [0.1, 0.15) is 17.2 Å². The van der Waals surface area contributed by atoms with E-state index >= 15 is 0 Å². The summed E-state index contributed by atoms with van der Waals surface area (Å²) in [6.07, 6.45) is 1.79. The monoisotopic (exact) mass is 273 g/mol. The number of piperazine rings is 1. The zero-order valence-electron chi connectivity index (χ0n) is 11.6. The van der Waals surface area contributed by atoms with Gasteiger partial charge in [0.05, 0.1) is 24.8 Å². The molecule has 1 aromatic rings. The molecule has 1 aromatic carbocycles. The van der Waals surface area contributed by atoms with Gasteiger partial charge in [-0.15, -0.1) is 6.58 Å². The summed E-state index contributed by atoms with van der Waals surface area (Å²) < 4.78 is 5.14. The molecule has 2 rings (SSSR count). The van der Waals surface area contributed by atoms with Gasteiger partial charge in [0, 0.05) is 37.8 Å². The van der Waals surface area contributed by atoms with Crippen molar-refractivity contribution in [2.45, 2.75) is 6.04 Å². The summed E-state index contributed by atoms with van der Waals surface area (Å²) >= 11 is 0. The number of nitriles is 1. The lowest BCUT2D eigenvalue weighted by Crippen LogP contribution is -2.44. The van der Waals surface area contributed by atoms with Crippen molar-refractivity contribution < 1.29 is 9.84 Å². The van der Waals surface area contributed by atoms with Crippen LogP contribution >= 0.6 is 0 Å². The maximum atomic E-state index is 10.3. The summed E-state index contributed by atoms with van der Waals surface area (Å²) in [5.41, 5.74) is 1.13. The van der Waals surface area contributed by atoms with Crippen molar-refractivity contribution in [1.29, 1.82) is 5.26 Å². The van der Waals surface area contributed by atoms with E-state index in [2.05, 4.69) is 22.9 Å². The number of nitrogens with zero attached hydrogens (tertiary/aromatic N) is 2. The number of methoxy groups -OCH3 is 1. The molecular weight excluding hydrogens is 254 g/mol. The minimum absolute atomic E-state index is 0.0786. The second-order valence-corrected chi connectivity index (χ2v) is 4.69. The fraction of sp³-hybridized carbons (Fsp3) is 0.400. The normalized spacial score (nSPS) is 17.2. The SMILES string of the molecule is C=C[C@@H](c1cc(C#N)cc(OC)c1O)N1CCNCC1. The number of ether oxygens (including phenoxy) is 1. The van der Waals surface area contributed by atoms with Crippen LogP contribution in [0.2, 0.25) is 0 Å². The summed E-state index contributed by atoms with van der Waals surface area (Å²) in [7, 11) is 1.48. The zero-order chi connectivity index (χ0) is 14.5. The Morgan fingerprint density at radius 3 is 2.75 bits per heavy atom. The van der Waals surface area contributed by atoms with Gasteiger partial charge in [0.1, 0.15) is 0 Å². The van der Waals surface area contributed by atoms with Crippen LogP contribution in [0, 0.1) is 11.3 Å². The van der Waals surface area contributed by atoms with Crippen LogP contribution in [0.5, 0.6) is 11.5 Å². The molecule has 0 aliphatic carbocycles.